The van der Waals surface area contributed by atoms with Gasteiger partial charge in [-0.1, -0.05) is 39.0 Å². The van der Waals surface area contributed by atoms with Crippen LogP contribution in [0, 0.1) is 5.41 Å². The molecule has 0 bridgehead atoms. The van der Waals surface area contributed by atoms with Gasteiger partial charge in [-0.2, -0.15) is 0 Å². The molecule has 2 aliphatic rings. The summed E-state index contributed by atoms with van der Waals surface area (Å²) >= 11 is 0. The van der Waals surface area contributed by atoms with Crippen molar-refractivity contribution in [2.75, 3.05) is 25.2 Å². The summed E-state index contributed by atoms with van der Waals surface area (Å²) in [5.41, 5.74) is 0.336. The number of carbonyl (C=O) groups excluding carboxylic acids is 2. The van der Waals surface area contributed by atoms with E-state index in [4.69, 9.17) is 14.2 Å². The maximum atomic E-state index is 13.3. The average molecular weight is 423 g/mol. The number of ketones is 1. The molecule has 0 fully saturated rings. The van der Waals surface area contributed by atoms with Crippen molar-refractivity contribution >= 4 is 17.4 Å². The molecule has 1 amide bonds. The Balaban J connectivity index is 1.90. The lowest BCUT2D eigenvalue weighted by Gasteiger charge is -2.30. The van der Waals surface area contributed by atoms with Crippen molar-refractivity contribution < 1.29 is 28.9 Å². The van der Waals surface area contributed by atoms with Gasteiger partial charge >= 0.3 is 0 Å². The molecule has 1 atom stereocenters. The third kappa shape index (κ3) is 3.50. The lowest BCUT2D eigenvalue weighted by atomic mass is 9.82. The fraction of sp³-hybridized carbons (Fsp3) is 0.333. The number of aliphatic hydroxyl groups is 1. The molecule has 0 radical (unpaired) electrons. The second kappa shape index (κ2) is 7.65. The molecule has 2 heterocycles. The number of amides is 1. The summed E-state index contributed by atoms with van der Waals surface area (Å²) in [7, 11) is 1.53. The standard InChI is InChI=1S/C24H25NO6/c1-24(2,3)22(27)19-20(15-7-5-6-8-16(15)29-4)25(23(28)21(19)26)14-9-10-17-18(13-14)31-12-11-30-17/h5-10,13,20,26H,11-12H2,1-4H3. The van der Waals surface area contributed by atoms with E-state index in [1.165, 1.54) is 12.0 Å². The first kappa shape index (κ1) is 20.8. The normalized spacial score (nSPS) is 18.4. The Kier molecular flexibility index (Phi) is 5.13. The number of Topliss-reactive ketones (excluding diaryl/α,β-unsaturated/α-hetero) is 1. The van der Waals surface area contributed by atoms with Gasteiger partial charge in [0.25, 0.3) is 5.91 Å². The highest BCUT2D eigenvalue weighted by Crippen LogP contribution is 2.47. The second-order valence-electron chi connectivity index (χ2n) is 8.49. The number of hydrogen-bond donors (Lipinski definition) is 1. The molecule has 31 heavy (non-hydrogen) atoms. The van der Waals surface area contributed by atoms with Crippen molar-refractivity contribution in [3.05, 3.63) is 59.4 Å². The van der Waals surface area contributed by atoms with Gasteiger partial charge in [-0.15, -0.1) is 0 Å². The molecule has 0 saturated heterocycles. The number of nitrogens with zero attached hydrogens (tertiary/aromatic N) is 1. The van der Waals surface area contributed by atoms with E-state index in [2.05, 4.69) is 0 Å². The fourth-order valence-electron chi connectivity index (χ4n) is 3.88. The zero-order valence-corrected chi connectivity index (χ0v) is 18.0. The zero-order chi connectivity index (χ0) is 22.3. The molecule has 2 aromatic carbocycles. The average Bonchev–Trinajstić information content (AvgIpc) is 3.02. The van der Waals surface area contributed by atoms with Gasteiger partial charge in [-0.25, -0.2) is 0 Å². The molecule has 0 saturated carbocycles. The maximum Gasteiger partial charge on any atom is 0.294 e. The molecular weight excluding hydrogens is 398 g/mol. The lowest BCUT2D eigenvalue weighted by molar-refractivity contribution is -0.123. The highest BCUT2D eigenvalue weighted by atomic mass is 16.6. The summed E-state index contributed by atoms with van der Waals surface area (Å²) in [5, 5.41) is 10.8. The third-order valence-corrected chi connectivity index (χ3v) is 5.37. The monoisotopic (exact) mass is 423 g/mol. The highest BCUT2D eigenvalue weighted by Gasteiger charge is 2.47. The molecule has 0 spiro atoms. The fourth-order valence-corrected chi connectivity index (χ4v) is 3.88. The number of carbonyl (C=O) groups is 2. The van der Waals surface area contributed by atoms with Crippen molar-refractivity contribution in [3.8, 4) is 17.2 Å². The van der Waals surface area contributed by atoms with E-state index < -0.39 is 23.1 Å². The topological polar surface area (TPSA) is 85.3 Å². The zero-order valence-electron chi connectivity index (χ0n) is 18.0. The van der Waals surface area contributed by atoms with Gasteiger partial charge in [0.1, 0.15) is 19.0 Å². The molecule has 1 N–H and O–H groups in total. The van der Waals surface area contributed by atoms with Crippen LogP contribution in [0.2, 0.25) is 0 Å². The summed E-state index contributed by atoms with van der Waals surface area (Å²) < 4.78 is 16.8. The first-order chi connectivity index (χ1) is 14.7. The minimum atomic E-state index is -0.849. The molecule has 2 aromatic rings. The number of fused-ring (bicyclic) bond motifs is 1. The van der Waals surface area contributed by atoms with Crippen LogP contribution < -0.4 is 19.1 Å². The summed E-state index contributed by atoms with van der Waals surface area (Å²) in [6.07, 6.45) is 0. The summed E-state index contributed by atoms with van der Waals surface area (Å²) in [6.45, 7) is 6.12. The maximum absolute atomic E-state index is 13.3. The number of benzene rings is 2. The van der Waals surface area contributed by atoms with Gasteiger partial charge in [0.2, 0.25) is 0 Å². The second-order valence-corrected chi connectivity index (χ2v) is 8.49. The Morgan fingerprint density at radius 1 is 1.10 bits per heavy atom. The predicted molar refractivity (Wildman–Crippen MR) is 115 cm³/mol. The van der Waals surface area contributed by atoms with Crippen LogP contribution in [0.1, 0.15) is 32.4 Å². The largest absolute Gasteiger partial charge is 0.503 e. The van der Waals surface area contributed by atoms with Crippen molar-refractivity contribution in [3.63, 3.8) is 0 Å². The number of aliphatic hydroxyl groups excluding tert-OH is 1. The number of ether oxygens (including phenoxy) is 3. The molecule has 0 aromatic heterocycles. The first-order valence-electron chi connectivity index (χ1n) is 10.1. The van der Waals surface area contributed by atoms with Gasteiger partial charge in [0.05, 0.1) is 18.7 Å². The van der Waals surface area contributed by atoms with Crippen molar-refractivity contribution in [1.29, 1.82) is 0 Å². The van der Waals surface area contributed by atoms with Crippen molar-refractivity contribution in [2.24, 2.45) is 5.41 Å². The van der Waals surface area contributed by atoms with Crippen LogP contribution in [0.25, 0.3) is 0 Å². The van der Waals surface area contributed by atoms with Gasteiger partial charge in [0.15, 0.2) is 23.0 Å². The highest BCUT2D eigenvalue weighted by molar-refractivity contribution is 6.17. The predicted octanol–water partition coefficient (Wildman–Crippen LogP) is 3.98. The van der Waals surface area contributed by atoms with Crippen molar-refractivity contribution in [1.82, 2.24) is 0 Å². The quantitative estimate of drug-likeness (QED) is 0.801. The third-order valence-electron chi connectivity index (χ3n) is 5.37. The van der Waals surface area contributed by atoms with Crippen LogP contribution in [0.15, 0.2) is 53.8 Å². The number of para-hydroxylation sites is 1. The van der Waals surface area contributed by atoms with E-state index in [9.17, 15) is 14.7 Å². The SMILES string of the molecule is COc1ccccc1C1C(C(=O)C(C)(C)C)=C(O)C(=O)N1c1ccc2c(c1)OCCO2. The Labute approximate surface area is 180 Å². The Hall–Kier alpha value is -3.48. The minimum absolute atomic E-state index is 0.0527. The summed E-state index contributed by atoms with van der Waals surface area (Å²) in [4.78, 5) is 28.0. The molecule has 4 rings (SSSR count). The smallest absolute Gasteiger partial charge is 0.294 e. The minimum Gasteiger partial charge on any atom is -0.503 e. The van der Waals surface area contributed by atoms with Crippen LogP contribution in [0.5, 0.6) is 17.2 Å². The molecule has 2 aliphatic heterocycles. The molecular formula is C24H25NO6. The Morgan fingerprint density at radius 3 is 2.45 bits per heavy atom. The number of rotatable bonds is 4. The summed E-state index contributed by atoms with van der Waals surface area (Å²) in [6, 6.07) is 11.4. The van der Waals surface area contributed by atoms with E-state index in [1.54, 1.807) is 57.2 Å². The molecule has 7 heteroatoms. The van der Waals surface area contributed by atoms with Gasteiger partial charge in [-0.3, -0.25) is 14.5 Å². The first-order valence-corrected chi connectivity index (χ1v) is 10.1. The Bertz CT molecular complexity index is 1080. The van der Waals surface area contributed by atoms with Crippen LogP contribution >= 0.6 is 0 Å². The van der Waals surface area contributed by atoms with Crippen molar-refractivity contribution in [2.45, 2.75) is 26.8 Å². The van der Waals surface area contributed by atoms with Crippen LogP contribution in [-0.2, 0) is 9.59 Å². The van der Waals surface area contributed by atoms with E-state index in [1.807, 2.05) is 6.07 Å². The lowest BCUT2D eigenvalue weighted by Crippen LogP contribution is -2.33. The number of methoxy groups -OCH3 is 1. The van der Waals surface area contributed by atoms with Gasteiger partial charge in [0, 0.05) is 22.7 Å². The Morgan fingerprint density at radius 2 is 1.77 bits per heavy atom. The van der Waals surface area contributed by atoms with Crippen LogP contribution in [-0.4, -0.2) is 37.1 Å². The number of hydrogen-bond acceptors (Lipinski definition) is 6. The van der Waals surface area contributed by atoms with E-state index >= 15 is 0 Å². The van der Waals surface area contributed by atoms with Crippen LogP contribution in [0.3, 0.4) is 0 Å². The molecule has 0 aliphatic carbocycles. The van der Waals surface area contributed by atoms with Gasteiger partial charge < -0.3 is 19.3 Å². The summed E-state index contributed by atoms with van der Waals surface area (Å²) in [5.74, 6) is 0.0843. The van der Waals surface area contributed by atoms with Gasteiger partial charge in [-0.05, 0) is 18.2 Å². The van der Waals surface area contributed by atoms with E-state index in [0.29, 0.717) is 41.7 Å². The number of anilines is 1. The molecule has 1 unspecified atom stereocenters. The van der Waals surface area contributed by atoms with E-state index in [-0.39, 0.29) is 11.4 Å². The van der Waals surface area contributed by atoms with E-state index in [0.717, 1.165) is 0 Å². The molecule has 7 nitrogen and oxygen atoms in total. The molecule has 162 valence electrons. The van der Waals surface area contributed by atoms with Crippen LogP contribution in [0.4, 0.5) is 5.69 Å².